The lowest BCUT2D eigenvalue weighted by molar-refractivity contribution is -0.145. The van der Waals surface area contributed by atoms with Gasteiger partial charge in [0.05, 0.1) is 0 Å². The number of phosphoric acid groups is 1. The van der Waals surface area contributed by atoms with Crippen molar-refractivity contribution in [3.05, 3.63) is 35.9 Å². The van der Waals surface area contributed by atoms with E-state index in [9.17, 15) is 14.5 Å². The van der Waals surface area contributed by atoms with Crippen molar-refractivity contribution in [3.8, 4) is 0 Å². The Bertz CT molecular complexity index is 383. The molecule has 1 aromatic rings. The Hall–Kier alpha value is -1.20. The second-order valence-corrected chi connectivity index (χ2v) is 3.88. The van der Waals surface area contributed by atoms with Gasteiger partial charge in [0, 0.05) is 0 Å². The molecule has 7 heteroatoms. The lowest BCUT2D eigenvalue weighted by atomic mass is 10.1. The number of phosphoric ester groups is 1. The van der Waals surface area contributed by atoms with Crippen LogP contribution in [0.3, 0.4) is 0 Å². The number of benzene rings is 1. The molecular formula is C8H9O6P. The van der Waals surface area contributed by atoms with Gasteiger partial charge in [-0.1, -0.05) is 30.3 Å². The lowest BCUT2D eigenvalue weighted by Crippen LogP contribution is -2.14. The van der Waals surface area contributed by atoms with Gasteiger partial charge in [0.2, 0.25) is 0 Å². The molecule has 0 fully saturated rings. The normalized spacial score (nSPS) is 13.3. The smallest absolute Gasteiger partial charge is 0.377 e. The molecule has 0 aliphatic rings. The van der Waals surface area contributed by atoms with Crippen molar-refractivity contribution in [1.29, 1.82) is 0 Å². The van der Waals surface area contributed by atoms with Gasteiger partial charge >= 0.3 is 13.8 Å². The molecule has 1 rings (SSSR count). The molecule has 0 aliphatic heterocycles. The van der Waals surface area contributed by atoms with Crippen molar-refractivity contribution in [1.82, 2.24) is 0 Å². The monoisotopic (exact) mass is 232 g/mol. The fourth-order valence-corrected chi connectivity index (χ4v) is 1.27. The minimum atomic E-state index is -4.91. The van der Waals surface area contributed by atoms with Crippen LogP contribution in [0.4, 0.5) is 0 Å². The average molecular weight is 232 g/mol. The third-order valence-corrected chi connectivity index (χ3v) is 1.97. The topological polar surface area (TPSA) is 104 Å². The van der Waals surface area contributed by atoms with E-state index in [-0.39, 0.29) is 5.56 Å². The van der Waals surface area contributed by atoms with Crippen LogP contribution in [0.1, 0.15) is 11.7 Å². The number of rotatable bonds is 3. The Balaban J connectivity index is 2.74. The molecule has 1 aromatic carbocycles. The van der Waals surface area contributed by atoms with Crippen LogP contribution >= 0.6 is 7.82 Å². The van der Waals surface area contributed by atoms with Crippen LogP contribution in [0.5, 0.6) is 0 Å². The highest BCUT2D eigenvalue weighted by Crippen LogP contribution is 2.37. The predicted molar refractivity (Wildman–Crippen MR) is 49.5 cm³/mol. The summed E-state index contributed by atoms with van der Waals surface area (Å²) in [5.41, 5.74) is 0.205. The van der Waals surface area contributed by atoms with Crippen molar-refractivity contribution in [2.75, 3.05) is 0 Å². The molecule has 0 saturated heterocycles. The third-order valence-electron chi connectivity index (χ3n) is 1.55. The standard InChI is InChI=1S/C8H9O6P/c9-7(6-4-2-1-3-5-6)8(10)14-15(11,12)13/h1-5,7,9H,(H2,11,12,13). The summed E-state index contributed by atoms with van der Waals surface area (Å²) in [5, 5.41) is 9.33. The molecule has 1 atom stereocenters. The van der Waals surface area contributed by atoms with E-state index < -0.39 is 19.9 Å². The zero-order valence-corrected chi connectivity index (χ0v) is 8.37. The van der Waals surface area contributed by atoms with E-state index in [1.165, 1.54) is 12.1 Å². The van der Waals surface area contributed by atoms with E-state index in [4.69, 9.17) is 9.79 Å². The molecule has 0 amide bonds. The number of aliphatic hydroxyl groups is 1. The molecule has 6 nitrogen and oxygen atoms in total. The van der Waals surface area contributed by atoms with Crippen LogP contribution in [0.2, 0.25) is 0 Å². The lowest BCUT2D eigenvalue weighted by Gasteiger charge is -2.10. The Kier molecular flexibility index (Phi) is 3.60. The molecule has 0 saturated carbocycles. The predicted octanol–water partition coefficient (Wildman–Crippen LogP) is 0.356. The van der Waals surface area contributed by atoms with E-state index in [1.807, 2.05) is 0 Å². The third kappa shape index (κ3) is 3.81. The van der Waals surface area contributed by atoms with E-state index in [1.54, 1.807) is 18.2 Å². The second-order valence-electron chi connectivity index (χ2n) is 2.71. The quantitative estimate of drug-likeness (QED) is 0.650. The van der Waals surface area contributed by atoms with Gasteiger partial charge < -0.3 is 9.63 Å². The van der Waals surface area contributed by atoms with E-state index in [0.29, 0.717) is 0 Å². The highest BCUT2D eigenvalue weighted by Gasteiger charge is 2.27. The first-order chi connectivity index (χ1) is 6.90. The molecule has 0 radical (unpaired) electrons. The summed E-state index contributed by atoms with van der Waals surface area (Å²) in [4.78, 5) is 27.7. The SMILES string of the molecule is O=C(OP(=O)(O)O)C(O)c1ccccc1. The van der Waals surface area contributed by atoms with Crippen molar-refractivity contribution >= 4 is 13.8 Å². The molecule has 15 heavy (non-hydrogen) atoms. The van der Waals surface area contributed by atoms with Crippen LogP contribution < -0.4 is 0 Å². The molecule has 82 valence electrons. The van der Waals surface area contributed by atoms with Gasteiger partial charge in [-0.2, -0.15) is 0 Å². The number of hydrogen-bond acceptors (Lipinski definition) is 4. The molecule has 0 aromatic heterocycles. The van der Waals surface area contributed by atoms with Gasteiger partial charge in [-0.3, -0.25) is 9.79 Å². The minimum Gasteiger partial charge on any atom is -0.377 e. The maximum atomic E-state index is 11.0. The molecule has 0 aliphatic carbocycles. The maximum absolute atomic E-state index is 11.0. The number of carbonyl (C=O) groups is 1. The summed E-state index contributed by atoms with van der Waals surface area (Å²) >= 11 is 0. The van der Waals surface area contributed by atoms with Crippen molar-refractivity contribution in [3.63, 3.8) is 0 Å². The first-order valence-corrected chi connectivity index (χ1v) is 5.45. The number of carbonyl (C=O) groups excluding carboxylic acids is 1. The summed E-state index contributed by atoms with van der Waals surface area (Å²) in [6, 6.07) is 7.69. The number of hydrogen-bond donors (Lipinski definition) is 3. The van der Waals surface area contributed by atoms with Gasteiger partial charge in [0.1, 0.15) is 0 Å². The minimum absolute atomic E-state index is 0.205. The van der Waals surface area contributed by atoms with Crippen LogP contribution in [-0.2, 0) is 13.9 Å². The van der Waals surface area contributed by atoms with Gasteiger partial charge in [-0.05, 0) is 5.56 Å². The Morgan fingerprint density at radius 1 is 1.27 bits per heavy atom. The van der Waals surface area contributed by atoms with E-state index >= 15 is 0 Å². The summed E-state index contributed by atoms with van der Waals surface area (Å²) in [5.74, 6) is -1.38. The Morgan fingerprint density at radius 3 is 2.27 bits per heavy atom. The molecule has 1 unspecified atom stereocenters. The second kappa shape index (κ2) is 4.55. The highest BCUT2D eigenvalue weighted by molar-refractivity contribution is 7.46. The van der Waals surface area contributed by atoms with Crippen LogP contribution in [0, 0.1) is 0 Å². The fourth-order valence-electron chi connectivity index (χ4n) is 0.939. The fraction of sp³-hybridized carbons (Fsp3) is 0.125. The van der Waals surface area contributed by atoms with Crippen molar-refractivity contribution in [2.24, 2.45) is 0 Å². The molecule has 0 spiro atoms. The van der Waals surface area contributed by atoms with Crippen molar-refractivity contribution in [2.45, 2.75) is 6.10 Å². The maximum Gasteiger partial charge on any atom is 0.527 e. The summed E-state index contributed by atoms with van der Waals surface area (Å²) < 4.78 is 14.0. The Labute approximate surface area is 85.4 Å². The summed E-state index contributed by atoms with van der Waals surface area (Å²) in [7, 11) is -4.91. The zero-order chi connectivity index (χ0) is 11.5. The average Bonchev–Trinajstić information content (AvgIpc) is 2.15. The van der Waals surface area contributed by atoms with Gasteiger partial charge in [-0.15, -0.1) is 0 Å². The van der Waals surface area contributed by atoms with Crippen molar-refractivity contribution < 1.29 is 28.8 Å². The first kappa shape index (κ1) is 11.9. The van der Waals surface area contributed by atoms with Crippen LogP contribution in [-0.4, -0.2) is 20.9 Å². The van der Waals surface area contributed by atoms with Gasteiger partial charge in [0.25, 0.3) is 0 Å². The van der Waals surface area contributed by atoms with Crippen LogP contribution in [0.15, 0.2) is 30.3 Å². The largest absolute Gasteiger partial charge is 0.527 e. The van der Waals surface area contributed by atoms with Gasteiger partial charge in [0.15, 0.2) is 6.10 Å². The zero-order valence-electron chi connectivity index (χ0n) is 7.48. The van der Waals surface area contributed by atoms with Crippen LogP contribution in [0.25, 0.3) is 0 Å². The molecule has 3 N–H and O–H groups in total. The first-order valence-electron chi connectivity index (χ1n) is 3.92. The molecule has 0 bridgehead atoms. The highest BCUT2D eigenvalue weighted by atomic mass is 31.2. The molecular weight excluding hydrogens is 223 g/mol. The summed E-state index contributed by atoms with van der Waals surface area (Å²) in [6.45, 7) is 0. The van der Waals surface area contributed by atoms with Gasteiger partial charge in [-0.25, -0.2) is 9.36 Å². The molecule has 0 heterocycles. The van der Waals surface area contributed by atoms with E-state index in [2.05, 4.69) is 4.52 Å². The Morgan fingerprint density at radius 2 is 1.80 bits per heavy atom. The summed E-state index contributed by atoms with van der Waals surface area (Å²) in [6.07, 6.45) is -1.70. The number of aliphatic hydroxyl groups excluding tert-OH is 1. The van der Waals surface area contributed by atoms with E-state index in [0.717, 1.165) is 0 Å².